The molecule has 92 heavy (non-hydrogen) atoms. The van der Waals surface area contributed by atoms with E-state index in [-0.39, 0.29) is 50.0 Å². The topological polar surface area (TPSA) is 22.9 Å². The van der Waals surface area contributed by atoms with E-state index >= 15 is 0 Å². The number of furan rings is 1. The van der Waals surface area contributed by atoms with Crippen LogP contribution in [0.4, 0.5) is 51.2 Å². The molecule has 1 aromatic heterocycles. The van der Waals surface area contributed by atoms with Gasteiger partial charge in [-0.1, -0.05) is 222 Å². The quantitative estimate of drug-likeness (QED) is 0.155. The molecule has 3 aliphatic carbocycles. The summed E-state index contributed by atoms with van der Waals surface area (Å²) in [4.78, 5) is 8.08. The Morgan fingerprint density at radius 3 is 1.40 bits per heavy atom. The van der Waals surface area contributed by atoms with Crippen molar-refractivity contribution < 1.29 is 4.42 Å². The maximum atomic E-state index is 7.24. The van der Waals surface area contributed by atoms with E-state index in [0.29, 0.717) is 0 Å². The molecule has 0 amide bonds. The van der Waals surface area contributed by atoms with Crippen LogP contribution in [-0.2, 0) is 43.3 Å². The number of rotatable bonds is 6. The summed E-state index contributed by atoms with van der Waals surface area (Å²) in [6.45, 7) is 46.3. The minimum Gasteiger partial charge on any atom is -0.454 e. The van der Waals surface area contributed by atoms with Gasteiger partial charge in [0.2, 0.25) is 0 Å². The molecule has 0 N–H and O–H groups in total. The van der Waals surface area contributed by atoms with E-state index in [9.17, 15) is 0 Å². The molecule has 5 heteroatoms. The van der Waals surface area contributed by atoms with Crippen molar-refractivity contribution in [3.63, 3.8) is 0 Å². The van der Waals surface area contributed by atoms with Crippen molar-refractivity contribution in [2.45, 2.75) is 213 Å². The molecule has 2 aliphatic heterocycles. The van der Waals surface area contributed by atoms with E-state index in [0.717, 1.165) is 77.5 Å². The van der Waals surface area contributed by atoms with Crippen molar-refractivity contribution in [3.05, 3.63) is 214 Å². The van der Waals surface area contributed by atoms with Gasteiger partial charge in [0.25, 0.3) is 6.71 Å². The van der Waals surface area contributed by atoms with Crippen LogP contribution in [0, 0.1) is 6.92 Å². The summed E-state index contributed by atoms with van der Waals surface area (Å²) >= 11 is 0. The van der Waals surface area contributed by atoms with Crippen LogP contribution < -0.4 is 31.1 Å². The van der Waals surface area contributed by atoms with E-state index < -0.39 is 0 Å². The first kappa shape index (κ1) is 60.5. The van der Waals surface area contributed by atoms with E-state index in [2.05, 4.69) is 310 Å². The standard InChI is InChI=1S/C87H96BN3O/c1-53-44-55(80(2,3)4)32-36-70(53)90-73-51-66-64(84(12,13)40-42-86(66,16)17)49-68(73)88-69-50-65-67(87(18,19)43-41-85(65,14)15)52-74(69)91(71-37-33-56(81(5,6)7)45-61(71)54-26-21-20-22-27-54)76-48-58(47-75(90)78(76)88)89(57-34-35-62-63(46-57)83(10,11)39-38-82(62,8)9)72-30-25-29-60-59-28-23-24-31-77(59)92-79(60)72/h20-37,44-52H,38-43H2,1-19H3. The van der Waals surface area contributed by atoms with Crippen molar-refractivity contribution in [1.29, 1.82) is 0 Å². The molecule has 0 bridgehead atoms. The lowest BCUT2D eigenvalue weighted by molar-refractivity contribution is 0.332. The van der Waals surface area contributed by atoms with Gasteiger partial charge in [0, 0.05) is 50.5 Å². The highest BCUT2D eigenvalue weighted by atomic mass is 16.3. The Morgan fingerprint density at radius 1 is 0.391 bits per heavy atom. The fourth-order valence-electron chi connectivity index (χ4n) is 17.2. The fraction of sp³-hybridized carbons (Fsp3) is 0.379. The molecule has 9 aromatic carbocycles. The van der Waals surface area contributed by atoms with Crippen LogP contribution in [0.25, 0.3) is 33.1 Å². The van der Waals surface area contributed by atoms with Gasteiger partial charge >= 0.3 is 0 Å². The van der Waals surface area contributed by atoms with Crippen molar-refractivity contribution in [1.82, 2.24) is 0 Å². The lowest BCUT2D eigenvalue weighted by atomic mass is 9.32. The highest BCUT2D eigenvalue weighted by Gasteiger charge is 2.50. The zero-order valence-electron chi connectivity index (χ0n) is 58.7. The van der Waals surface area contributed by atoms with Crippen LogP contribution in [-0.4, -0.2) is 6.71 Å². The number of anilines is 9. The summed E-state index contributed by atoms with van der Waals surface area (Å²) in [5.41, 5.74) is 31.2. The second-order valence-electron chi connectivity index (χ2n) is 34.6. The maximum Gasteiger partial charge on any atom is 0.252 e. The van der Waals surface area contributed by atoms with Crippen LogP contribution in [0.3, 0.4) is 0 Å². The molecule has 4 nitrogen and oxygen atoms in total. The molecule has 0 atom stereocenters. The number of benzene rings is 9. The van der Waals surface area contributed by atoms with Crippen LogP contribution in [0.5, 0.6) is 0 Å². The van der Waals surface area contributed by atoms with Crippen LogP contribution in [0.2, 0.25) is 0 Å². The third kappa shape index (κ3) is 9.33. The summed E-state index contributed by atoms with van der Waals surface area (Å²) in [6, 6.07) is 65.0. The highest BCUT2D eigenvalue weighted by Crippen LogP contribution is 2.57. The van der Waals surface area contributed by atoms with Crippen molar-refractivity contribution in [2.75, 3.05) is 14.7 Å². The number of fused-ring (bicyclic) bond motifs is 10. The monoisotopic (exact) mass is 1210 g/mol. The van der Waals surface area contributed by atoms with Crippen molar-refractivity contribution in [3.8, 4) is 11.1 Å². The molecule has 0 saturated carbocycles. The Hall–Kier alpha value is -7.76. The van der Waals surface area contributed by atoms with Crippen molar-refractivity contribution in [2.24, 2.45) is 0 Å². The van der Waals surface area contributed by atoms with Gasteiger partial charge in [-0.25, -0.2) is 0 Å². The maximum absolute atomic E-state index is 7.24. The van der Waals surface area contributed by atoms with Gasteiger partial charge < -0.3 is 19.1 Å². The second kappa shape index (κ2) is 20.1. The number of hydrogen-bond acceptors (Lipinski definition) is 4. The molecule has 15 rings (SSSR count). The van der Waals surface area contributed by atoms with Gasteiger partial charge in [-0.05, 0) is 228 Å². The number of hydrogen-bond donors (Lipinski definition) is 0. The molecule has 5 aliphatic rings. The van der Waals surface area contributed by atoms with E-state index in [1.807, 2.05) is 0 Å². The molecule has 0 saturated heterocycles. The minimum absolute atomic E-state index is 0.0242. The average Bonchev–Trinajstić information content (AvgIpc) is 0.813. The molecular weight excluding hydrogens is 1110 g/mol. The Kier molecular flexibility index (Phi) is 13.2. The van der Waals surface area contributed by atoms with Gasteiger partial charge in [0.05, 0.1) is 17.1 Å². The predicted octanol–water partition coefficient (Wildman–Crippen LogP) is 22.8. The first-order valence-corrected chi connectivity index (χ1v) is 34.6. The number of aryl methyl sites for hydroxylation is 1. The summed E-state index contributed by atoms with van der Waals surface area (Å²) in [5, 5.41) is 2.23. The summed E-state index contributed by atoms with van der Waals surface area (Å²) in [6.07, 6.45) is 6.78. The van der Waals surface area contributed by atoms with Crippen molar-refractivity contribution >= 4 is 96.2 Å². The summed E-state index contributed by atoms with van der Waals surface area (Å²) in [5.74, 6) is 0. The van der Waals surface area contributed by atoms with Gasteiger partial charge in [0.1, 0.15) is 5.58 Å². The zero-order valence-corrected chi connectivity index (χ0v) is 58.7. The summed E-state index contributed by atoms with van der Waals surface area (Å²) in [7, 11) is 0. The number of para-hydroxylation sites is 2. The van der Waals surface area contributed by atoms with E-state index in [1.54, 1.807) is 0 Å². The molecule has 3 heterocycles. The largest absolute Gasteiger partial charge is 0.454 e. The first-order valence-electron chi connectivity index (χ1n) is 34.6. The Bertz CT molecular complexity index is 4700. The Morgan fingerprint density at radius 2 is 0.859 bits per heavy atom. The molecule has 10 aromatic rings. The van der Waals surface area contributed by atoms with E-state index in [4.69, 9.17) is 4.42 Å². The smallest absolute Gasteiger partial charge is 0.252 e. The van der Waals surface area contributed by atoms with Crippen LogP contribution >= 0.6 is 0 Å². The van der Waals surface area contributed by atoms with Gasteiger partial charge in [-0.3, -0.25) is 0 Å². The Balaban J connectivity index is 1.15. The summed E-state index contributed by atoms with van der Waals surface area (Å²) < 4.78 is 7.24. The lowest BCUT2D eigenvalue weighted by Gasteiger charge is -2.49. The molecule has 0 fully saturated rings. The second-order valence-corrected chi connectivity index (χ2v) is 34.6. The third-order valence-electron chi connectivity index (χ3n) is 23.5. The first-order chi connectivity index (χ1) is 43.2. The predicted molar refractivity (Wildman–Crippen MR) is 396 cm³/mol. The van der Waals surface area contributed by atoms with Gasteiger partial charge in [0.15, 0.2) is 5.58 Å². The highest BCUT2D eigenvalue weighted by molar-refractivity contribution is 7.00. The normalized spacial score (nSPS) is 18.6. The van der Waals surface area contributed by atoms with E-state index in [1.165, 1.54) is 112 Å². The van der Waals surface area contributed by atoms with Gasteiger partial charge in [-0.2, -0.15) is 0 Å². The Labute approximate surface area is 550 Å². The SMILES string of the molecule is Cc1cc(C(C)(C)C)ccc1N1c2cc3c(cc2B2c4cc5c(cc4N(c4ccc(C(C)(C)C)cc4-c4ccccc4)c4cc(N(c6ccc7c(c6)C(C)(C)CCC7(C)C)c6cccc7c6oc6ccccc67)cc1c42)C(C)(C)CCC5(C)C)C(C)(C)CCC3(C)C. The average molecular weight is 1210 g/mol. The lowest BCUT2D eigenvalue weighted by Crippen LogP contribution is -2.62. The van der Waals surface area contributed by atoms with Crippen LogP contribution in [0.1, 0.15) is 213 Å². The molecule has 0 unspecified atom stereocenters. The zero-order chi connectivity index (χ0) is 64.9. The fourth-order valence-corrected chi connectivity index (χ4v) is 17.2. The third-order valence-corrected chi connectivity index (χ3v) is 23.5. The van der Waals surface area contributed by atoms with Crippen LogP contribution in [0.15, 0.2) is 168 Å². The molecule has 468 valence electrons. The minimum atomic E-state index is -0.106. The van der Waals surface area contributed by atoms with Gasteiger partial charge in [-0.15, -0.1) is 0 Å². The molecule has 0 spiro atoms. The molecule has 0 radical (unpaired) electrons. The molecular formula is C87H96BN3O. The number of nitrogens with zero attached hydrogens (tertiary/aromatic N) is 3.